The molecule has 0 aromatic carbocycles. The van der Waals surface area contributed by atoms with E-state index in [1.165, 1.54) is 12.1 Å². The van der Waals surface area contributed by atoms with Crippen molar-refractivity contribution in [1.29, 1.82) is 0 Å². The van der Waals surface area contributed by atoms with Gasteiger partial charge in [0.05, 0.1) is 6.33 Å². The summed E-state index contributed by atoms with van der Waals surface area (Å²) in [4.78, 5) is 47.6. The molecular weight excluding hydrogens is 370 g/mol. The second-order valence-corrected chi connectivity index (χ2v) is 8.27. The smallest absolute Gasteiger partial charge is 0.242 e. The van der Waals surface area contributed by atoms with Crippen LogP contribution in [0, 0.1) is 5.41 Å². The molecule has 29 heavy (non-hydrogen) atoms. The molecule has 0 aliphatic carbocycles. The Labute approximate surface area is 169 Å². The predicted molar refractivity (Wildman–Crippen MR) is 107 cm³/mol. The van der Waals surface area contributed by atoms with Gasteiger partial charge in [-0.25, -0.2) is 4.98 Å². The van der Waals surface area contributed by atoms with Crippen LogP contribution in [0.5, 0.6) is 0 Å². The van der Waals surface area contributed by atoms with Crippen LogP contribution in [0.2, 0.25) is 0 Å². The van der Waals surface area contributed by atoms with Crippen LogP contribution in [0.3, 0.4) is 0 Å². The van der Waals surface area contributed by atoms with Gasteiger partial charge in [0.2, 0.25) is 11.8 Å². The summed E-state index contributed by atoms with van der Waals surface area (Å²) in [5.74, 6) is 0.264. The maximum absolute atomic E-state index is 12.8. The molecule has 154 valence electrons. The Bertz CT molecular complexity index is 902. The first-order chi connectivity index (χ1) is 14.0. The third-order valence-electron chi connectivity index (χ3n) is 6.15. The van der Waals surface area contributed by atoms with Crippen LogP contribution in [0.1, 0.15) is 31.4 Å². The highest BCUT2D eigenvalue weighted by Gasteiger charge is 2.42. The zero-order chi connectivity index (χ0) is 20.3. The number of pyridine rings is 1. The van der Waals surface area contributed by atoms with Crippen LogP contribution in [-0.4, -0.2) is 62.3 Å². The van der Waals surface area contributed by atoms with Crippen molar-refractivity contribution in [2.45, 2.75) is 38.6 Å². The van der Waals surface area contributed by atoms with E-state index in [9.17, 15) is 14.4 Å². The lowest BCUT2D eigenvalue weighted by atomic mass is 9.73. The van der Waals surface area contributed by atoms with Gasteiger partial charge in [0.1, 0.15) is 6.54 Å². The van der Waals surface area contributed by atoms with Crippen molar-refractivity contribution in [3.05, 3.63) is 53.0 Å². The monoisotopic (exact) mass is 397 g/mol. The number of amides is 2. The molecule has 0 unspecified atom stereocenters. The van der Waals surface area contributed by atoms with Gasteiger partial charge in [-0.2, -0.15) is 0 Å². The van der Waals surface area contributed by atoms with Gasteiger partial charge in [0, 0.05) is 80.9 Å². The lowest BCUT2D eigenvalue weighted by molar-refractivity contribution is -0.143. The lowest BCUT2D eigenvalue weighted by Gasteiger charge is -2.48. The zero-order valence-corrected chi connectivity index (χ0v) is 16.5. The van der Waals surface area contributed by atoms with Crippen molar-refractivity contribution >= 4 is 11.8 Å². The molecule has 2 saturated heterocycles. The number of carbonyl (C=O) groups excluding carboxylic acids is 2. The highest BCUT2D eigenvalue weighted by molar-refractivity contribution is 5.78. The second-order valence-electron chi connectivity index (χ2n) is 8.27. The SMILES string of the molecule is O=C1CC[C@@]2(CCCN(C(=O)Cn3ccc(=O)cc3)C2)CN1CCc1cnc[nH]1. The number of nitrogens with one attached hydrogen (secondary N) is 1. The predicted octanol–water partition coefficient (Wildman–Crippen LogP) is 1.05. The number of hydrogen-bond acceptors (Lipinski definition) is 4. The fraction of sp³-hybridized carbons (Fsp3) is 0.524. The minimum atomic E-state index is -0.0623. The first-order valence-electron chi connectivity index (χ1n) is 10.2. The molecule has 8 heteroatoms. The fourth-order valence-corrected chi connectivity index (χ4v) is 4.54. The molecule has 2 aromatic rings. The Balaban J connectivity index is 1.39. The van der Waals surface area contributed by atoms with Crippen molar-refractivity contribution < 1.29 is 9.59 Å². The number of aromatic nitrogens is 3. The maximum Gasteiger partial charge on any atom is 0.242 e. The Morgan fingerprint density at radius 2 is 2.00 bits per heavy atom. The average molecular weight is 397 g/mol. The lowest BCUT2D eigenvalue weighted by Crippen LogP contribution is -2.55. The number of hydrogen-bond donors (Lipinski definition) is 1. The third kappa shape index (κ3) is 4.58. The van der Waals surface area contributed by atoms with Crippen molar-refractivity contribution in [2.75, 3.05) is 26.2 Å². The first-order valence-corrected chi connectivity index (χ1v) is 10.2. The molecule has 2 aromatic heterocycles. The van der Waals surface area contributed by atoms with Gasteiger partial charge in [-0.05, 0) is 19.3 Å². The topological polar surface area (TPSA) is 91.3 Å². The molecule has 1 spiro atoms. The number of carbonyl (C=O) groups is 2. The van der Waals surface area contributed by atoms with E-state index in [4.69, 9.17) is 0 Å². The van der Waals surface area contributed by atoms with E-state index in [0.29, 0.717) is 26.1 Å². The van der Waals surface area contributed by atoms with Gasteiger partial charge in [-0.3, -0.25) is 14.4 Å². The van der Waals surface area contributed by atoms with Crippen LogP contribution in [0.25, 0.3) is 0 Å². The summed E-state index contributed by atoms with van der Waals surface area (Å²) < 4.78 is 1.74. The Morgan fingerprint density at radius 1 is 1.17 bits per heavy atom. The van der Waals surface area contributed by atoms with Crippen LogP contribution in [-0.2, 0) is 22.6 Å². The van der Waals surface area contributed by atoms with Gasteiger partial charge in [-0.15, -0.1) is 0 Å². The number of rotatable bonds is 5. The van der Waals surface area contributed by atoms with E-state index in [-0.39, 0.29) is 29.2 Å². The molecule has 2 fully saturated rings. The summed E-state index contributed by atoms with van der Waals surface area (Å²) >= 11 is 0. The zero-order valence-electron chi connectivity index (χ0n) is 16.5. The van der Waals surface area contributed by atoms with E-state index in [2.05, 4.69) is 9.97 Å². The molecular formula is C21H27N5O3. The van der Waals surface area contributed by atoms with E-state index in [0.717, 1.165) is 37.9 Å². The highest BCUT2D eigenvalue weighted by atomic mass is 16.2. The normalized spacial score (nSPS) is 22.3. The number of H-pyrrole nitrogens is 1. The summed E-state index contributed by atoms with van der Waals surface area (Å²) in [5.41, 5.74) is 0.950. The molecule has 0 bridgehead atoms. The average Bonchev–Trinajstić information content (AvgIpc) is 3.24. The standard InChI is InChI=1S/C21H27N5O3/c27-18-4-9-24(10-5-18)13-20(29)25-8-1-6-21(14-25)7-2-19(28)26(15-21)11-3-17-12-22-16-23-17/h4-5,9-10,12,16H,1-3,6-8,11,13-15H2,(H,22,23)/t21-/m1/s1. The van der Waals surface area contributed by atoms with Crippen molar-refractivity contribution in [3.63, 3.8) is 0 Å². The molecule has 0 radical (unpaired) electrons. The molecule has 4 heterocycles. The summed E-state index contributed by atoms with van der Waals surface area (Å²) in [7, 11) is 0. The maximum atomic E-state index is 12.8. The van der Waals surface area contributed by atoms with Gasteiger partial charge < -0.3 is 19.4 Å². The molecule has 8 nitrogen and oxygen atoms in total. The molecule has 0 saturated carbocycles. The quantitative estimate of drug-likeness (QED) is 0.816. The number of imidazole rings is 1. The second kappa shape index (κ2) is 8.23. The van der Waals surface area contributed by atoms with Crippen LogP contribution in [0.4, 0.5) is 0 Å². The summed E-state index contributed by atoms with van der Waals surface area (Å²) in [6, 6.07) is 2.94. The van der Waals surface area contributed by atoms with E-state index in [1.54, 1.807) is 29.5 Å². The highest BCUT2D eigenvalue weighted by Crippen LogP contribution is 2.39. The minimum absolute atomic E-state index is 0.0145. The van der Waals surface area contributed by atoms with Crippen molar-refractivity contribution in [2.24, 2.45) is 5.41 Å². The van der Waals surface area contributed by atoms with Gasteiger partial charge >= 0.3 is 0 Å². The molecule has 2 aliphatic heterocycles. The minimum Gasteiger partial charge on any atom is -0.348 e. The van der Waals surface area contributed by atoms with Crippen molar-refractivity contribution in [3.8, 4) is 0 Å². The fourth-order valence-electron chi connectivity index (χ4n) is 4.54. The number of likely N-dealkylation sites (tertiary alicyclic amines) is 2. The van der Waals surface area contributed by atoms with Crippen molar-refractivity contribution in [1.82, 2.24) is 24.3 Å². The summed E-state index contributed by atoms with van der Waals surface area (Å²) in [6.45, 7) is 3.07. The van der Waals surface area contributed by atoms with E-state index < -0.39 is 0 Å². The molecule has 1 atom stereocenters. The van der Waals surface area contributed by atoms with Crippen LogP contribution >= 0.6 is 0 Å². The Hall–Kier alpha value is -2.90. The molecule has 2 aliphatic rings. The third-order valence-corrected chi connectivity index (χ3v) is 6.15. The Morgan fingerprint density at radius 3 is 2.76 bits per heavy atom. The summed E-state index contributed by atoms with van der Waals surface area (Å²) in [6.07, 6.45) is 10.9. The number of piperidine rings is 2. The van der Waals surface area contributed by atoms with E-state index >= 15 is 0 Å². The van der Waals surface area contributed by atoms with E-state index in [1.807, 2.05) is 9.80 Å². The van der Waals surface area contributed by atoms with Crippen LogP contribution < -0.4 is 5.43 Å². The van der Waals surface area contributed by atoms with Gasteiger partial charge in [0.15, 0.2) is 5.43 Å². The first kappa shape index (κ1) is 19.4. The van der Waals surface area contributed by atoms with Gasteiger partial charge in [-0.1, -0.05) is 0 Å². The molecule has 1 N–H and O–H groups in total. The summed E-state index contributed by atoms with van der Waals surface area (Å²) in [5, 5.41) is 0. The van der Waals surface area contributed by atoms with Gasteiger partial charge in [0.25, 0.3) is 0 Å². The Kier molecular flexibility index (Phi) is 5.51. The largest absolute Gasteiger partial charge is 0.348 e. The molecule has 4 rings (SSSR count). The molecule has 2 amide bonds. The number of aromatic amines is 1. The van der Waals surface area contributed by atoms with Crippen LogP contribution in [0.15, 0.2) is 41.8 Å². The number of nitrogens with zero attached hydrogens (tertiary/aromatic N) is 4.